The first-order chi connectivity index (χ1) is 11.4. The molecule has 0 heterocycles. The van der Waals surface area contributed by atoms with Crippen molar-refractivity contribution < 1.29 is 19.4 Å². The summed E-state index contributed by atoms with van der Waals surface area (Å²) in [5, 5.41) is 9.09. The quantitative estimate of drug-likeness (QED) is 0.257. The van der Waals surface area contributed by atoms with E-state index in [0.29, 0.717) is 6.42 Å². The van der Waals surface area contributed by atoms with Gasteiger partial charge in [0.2, 0.25) is 0 Å². The highest BCUT2D eigenvalue weighted by molar-refractivity contribution is 5.95. The summed E-state index contributed by atoms with van der Waals surface area (Å²) in [6.45, 7) is 8.38. The van der Waals surface area contributed by atoms with Gasteiger partial charge >= 0.3 is 11.9 Å². The predicted molar refractivity (Wildman–Crippen MR) is 98.0 cm³/mol. The largest absolute Gasteiger partial charge is 0.478 e. The van der Waals surface area contributed by atoms with Crippen LogP contribution in [0.25, 0.3) is 0 Å². The first-order valence-corrected chi connectivity index (χ1v) is 9.55. The van der Waals surface area contributed by atoms with Crippen molar-refractivity contribution in [3.05, 3.63) is 11.6 Å². The minimum Gasteiger partial charge on any atom is -0.478 e. The van der Waals surface area contributed by atoms with E-state index in [4.69, 9.17) is 9.84 Å². The molecule has 24 heavy (non-hydrogen) atoms. The van der Waals surface area contributed by atoms with Gasteiger partial charge in [-0.25, -0.2) is 9.59 Å². The highest BCUT2D eigenvalue weighted by Crippen LogP contribution is 2.15. The van der Waals surface area contributed by atoms with Gasteiger partial charge in [0.15, 0.2) is 0 Å². The molecule has 0 aliphatic rings. The summed E-state index contributed by atoms with van der Waals surface area (Å²) in [6, 6.07) is 0. The van der Waals surface area contributed by atoms with Gasteiger partial charge in [-0.1, -0.05) is 59.3 Å². The Morgan fingerprint density at radius 1 is 1.00 bits per heavy atom. The number of ether oxygens (including phenoxy) is 1. The summed E-state index contributed by atoms with van der Waals surface area (Å²) in [5.74, 6) is -0.755. The van der Waals surface area contributed by atoms with E-state index >= 15 is 0 Å². The van der Waals surface area contributed by atoms with E-state index in [-0.39, 0.29) is 11.7 Å². The molecule has 0 aliphatic heterocycles. The molecule has 0 saturated carbocycles. The van der Waals surface area contributed by atoms with Crippen LogP contribution in [0.3, 0.4) is 0 Å². The number of hydrogen-bond acceptors (Lipinski definition) is 3. The third-order valence-electron chi connectivity index (χ3n) is 4.44. The zero-order valence-corrected chi connectivity index (χ0v) is 16.0. The second kappa shape index (κ2) is 14.1. The molecule has 4 heteroatoms. The minimum absolute atomic E-state index is 0.138. The van der Waals surface area contributed by atoms with Gasteiger partial charge in [0.05, 0.1) is 6.10 Å². The van der Waals surface area contributed by atoms with Crippen molar-refractivity contribution in [2.45, 2.75) is 98.0 Å². The van der Waals surface area contributed by atoms with Crippen LogP contribution in [0.15, 0.2) is 11.6 Å². The van der Waals surface area contributed by atoms with Gasteiger partial charge in [0.25, 0.3) is 0 Å². The van der Waals surface area contributed by atoms with Crippen LogP contribution in [0.2, 0.25) is 0 Å². The molecule has 0 amide bonds. The maximum Gasteiger partial charge on any atom is 0.331 e. The fourth-order valence-electron chi connectivity index (χ4n) is 2.52. The molecule has 0 saturated heterocycles. The molecule has 2 atom stereocenters. The first-order valence-electron chi connectivity index (χ1n) is 9.55. The van der Waals surface area contributed by atoms with Crippen LogP contribution in [0.1, 0.15) is 91.9 Å². The molecule has 0 rings (SSSR count). The Morgan fingerprint density at radius 3 is 2.17 bits per heavy atom. The van der Waals surface area contributed by atoms with Crippen molar-refractivity contribution >= 4 is 11.9 Å². The molecule has 0 aromatic rings. The predicted octanol–water partition coefficient (Wildman–Crippen LogP) is 5.51. The average molecular weight is 341 g/mol. The lowest BCUT2D eigenvalue weighted by Gasteiger charge is -2.12. The van der Waals surface area contributed by atoms with Gasteiger partial charge in [-0.2, -0.15) is 0 Å². The summed E-state index contributed by atoms with van der Waals surface area (Å²) >= 11 is 0. The summed E-state index contributed by atoms with van der Waals surface area (Å²) in [6.07, 6.45) is 11.1. The summed E-state index contributed by atoms with van der Waals surface area (Å²) < 4.78 is 5.29. The molecular weight excluding hydrogens is 304 g/mol. The van der Waals surface area contributed by atoms with Crippen molar-refractivity contribution in [3.63, 3.8) is 0 Å². The zero-order valence-electron chi connectivity index (χ0n) is 16.0. The summed E-state index contributed by atoms with van der Waals surface area (Å²) in [7, 11) is 0. The summed E-state index contributed by atoms with van der Waals surface area (Å²) in [5.41, 5.74) is 0.138. The van der Waals surface area contributed by atoms with E-state index in [1.807, 2.05) is 13.8 Å². The van der Waals surface area contributed by atoms with Crippen molar-refractivity contribution in [1.82, 2.24) is 0 Å². The molecule has 2 unspecified atom stereocenters. The van der Waals surface area contributed by atoms with Crippen LogP contribution in [-0.2, 0) is 14.3 Å². The molecule has 0 fully saturated rings. The monoisotopic (exact) mass is 340 g/mol. The number of esters is 1. The fraction of sp³-hybridized carbons (Fsp3) is 0.800. The normalized spacial score (nSPS) is 14.2. The standard InChI is InChI=1S/C20H36O4/c1-5-7-14-18(20(22)23)15-19(21)24-17(4)13-11-9-8-10-12-16(3)6-2/h15-17H,5-14H2,1-4H3,(H,22,23). The number of carboxylic acids is 1. The average Bonchev–Trinajstić information content (AvgIpc) is 2.53. The summed E-state index contributed by atoms with van der Waals surface area (Å²) in [4.78, 5) is 22.9. The lowest BCUT2D eigenvalue weighted by molar-refractivity contribution is -0.143. The second-order valence-electron chi connectivity index (χ2n) is 6.83. The number of carbonyl (C=O) groups excluding carboxylic acids is 1. The Hall–Kier alpha value is -1.32. The first kappa shape index (κ1) is 22.7. The van der Waals surface area contributed by atoms with Gasteiger partial charge in [-0.3, -0.25) is 0 Å². The molecule has 0 aliphatic carbocycles. The van der Waals surface area contributed by atoms with Crippen molar-refractivity contribution in [1.29, 1.82) is 0 Å². The van der Waals surface area contributed by atoms with Gasteiger partial charge < -0.3 is 9.84 Å². The Bertz CT molecular complexity index is 387. The number of carbonyl (C=O) groups is 2. The van der Waals surface area contributed by atoms with Crippen molar-refractivity contribution in [3.8, 4) is 0 Å². The molecule has 1 N–H and O–H groups in total. The molecule has 140 valence electrons. The Kier molecular flexibility index (Phi) is 13.3. The van der Waals surface area contributed by atoms with Crippen LogP contribution in [0.4, 0.5) is 0 Å². The molecule has 0 aromatic carbocycles. The maximum atomic E-state index is 11.8. The van der Waals surface area contributed by atoms with Gasteiger partial charge in [0.1, 0.15) is 0 Å². The third-order valence-corrected chi connectivity index (χ3v) is 4.44. The highest BCUT2D eigenvalue weighted by Gasteiger charge is 2.12. The zero-order chi connectivity index (χ0) is 18.4. The molecule has 0 bridgehead atoms. The molecule has 0 radical (unpaired) electrons. The fourth-order valence-corrected chi connectivity index (χ4v) is 2.52. The van der Waals surface area contributed by atoms with Crippen LogP contribution in [0, 0.1) is 5.92 Å². The lowest BCUT2D eigenvalue weighted by Crippen LogP contribution is -2.14. The molecule has 0 spiro atoms. The van der Waals surface area contributed by atoms with Gasteiger partial charge in [-0.05, 0) is 38.5 Å². The lowest BCUT2D eigenvalue weighted by atomic mass is 10.00. The molecular formula is C20H36O4. The van der Waals surface area contributed by atoms with Crippen molar-refractivity contribution in [2.75, 3.05) is 0 Å². The Morgan fingerprint density at radius 2 is 1.62 bits per heavy atom. The molecule has 4 nitrogen and oxygen atoms in total. The van der Waals surface area contributed by atoms with E-state index in [2.05, 4.69) is 13.8 Å². The van der Waals surface area contributed by atoms with Crippen LogP contribution in [-0.4, -0.2) is 23.1 Å². The van der Waals surface area contributed by atoms with E-state index in [1.54, 1.807) is 0 Å². The highest BCUT2D eigenvalue weighted by atomic mass is 16.5. The number of aliphatic carboxylic acids is 1. The third kappa shape index (κ3) is 12.1. The SMILES string of the molecule is CCCCC(=CC(=O)OC(C)CCCCCCC(C)CC)C(=O)O. The van der Waals surface area contributed by atoms with Crippen LogP contribution < -0.4 is 0 Å². The smallest absolute Gasteiger partial charge is 0.331 e. The number of unbranched alkanes of at least 4 members (excludes halogenated alkanes) is 4. The van der Waals surface area contributed by atoms with Crippen LogP contribution >= 0.6 is 0 Å². The topological polar surface area (TPSA) is 63.6 Å². The van der Waals surface area contributed by atoms with Gasteiger partial charge in [-0.15, -0.1) is 0 Å². The minimum atomic E-state index is -1.03. The number of carboxylic acid groups (broad SMARTS) is 1. The van der Waals surface area contributed by atoms with E-state index in [9.17, 15) is 9.59 Å². The van der Waals surface area contributed by atoms with Crippen LogP contribution in [0.5, 0.6) is 0 Å². The van der Waals surface area contributed by atoms with E-state index in [1.165, 1.54) is 25.7 Å². The number of hydrogen-bond donors (Lipinski definition) is 1. The van der Waals surface area contributed by atoms with Crippen molar-refractivity contribution in [2.24, 2.45) is 5.92 Å². The Labute approximate surface area is 147 Å². The van der Waals surface area contributed by atoms with E-state index < -0.39 is 11.9 Å². The second-order valence-corrected chi connectivity index (χ2v) is 6.83. The number of rotatable bonds is 14. The maximum absolute atomic E-state index is 11.8. The Balaban J connectivity index is 3.98. The van der Waals surface area contributed by atoms with Gasteiger partial charge in [0, 0.05) is 11.6 Å². The van der Waals surface area contributed by atoms with E-state index in [0.717, 1.165) is 44.1 Å². The molecule has 0 aromatic heterocycles.